The van der Waals surface area contributed by atoms with Crippen molar-refractivity contribution in [1.82, 2.24) is 10.1 Å². The van der Waals surface area contributed by atoms with Crippen molar-refractivity contribution in [2.24, 2.45) is 11.7 Å². The second-order valence-corrected chi connectivity index (χ2v) is 3.93. The van der Waals surface area contributed by atoms with E-state index in [9.17, 15) is 0 Å². The summed E-state index contributed by atoms with van der Waals surface area (Å²) in [6.45, 7) is 3.17. The highest BCUT2D eigenvalue weighted by Gasteiger charge is 2.30. The van der Waals surface area contributed by atoms with Crippen molar-refractivity contribution in [3.63, 3.8) is 0 Å². The van der Waals surface area contributed by atoms with Crippen LogP contribution < -0.4 is 5.73 Å². The van der Waals surface area contributed by atoms with Crippen LogP contribution in [0.4, 0.5) is 0 Å². The Balaban J connectivity index is 1.75. The molecule has 1 heterocycles. The van der Waals surface area contributed by atoms with E-state index in [1.807, 2.05) is 6.92 Å². The number of nitrogens with two attached hydrogens (primary N) is 1. The summed E-state index contributed by atoms with van der Waals surface area (Å²) in [5.74, 6) is 1.92. The first-order valence-electron chi connectivity index (χ1n) is 5.45. The van der Waals surface area contributed by atoms with Crippen LogP contribution >= 0.6 is 0 Å². The SMILES string of the molecule is CCOC1CC(Cc2nc(CN)no2)C1. The molecule has 1 saturated carbocycles. The van der Waals surface area contributed by atoms with Crippen molar-refractivity contribution in [1.29, 1.82) is 0 Å². The molecular formula is C10H17N3O2. The lowest BCUT2D eigenvalue weighted by Crippen LogP contribution is -2.32. The number of aromatic nitrogens is 2. The Morgan fingerprint density at radius 3 is 2.93 bits per heavy atom. The van der Waals surface area contributed by atoms with Crippen molar-refractivity contribution in [3.05, 3.63) is 11.7 Å². The third-order valence-electron chi connectivity index (χ3n) is 2.75. The van der Waals surface area contributed by atoms with E-state index < -0.39 is 0 Å². The summed E-state index contributed by atoms with van der Waals surface area (Å²) in [5, 5.41) is 3.76. The lowest BCUT2D eigenvalue weighted by Gasteiger charge is -2.33. The average molecular weight is 211 g/mol. The maximum Gasteiger partial charge on any atom is 0.226 e. The highest BCUT2D eigenvalue weighted by molar-refractivity contribution is 4.91. The quantitative estimate of drug-likeness (QED) is 0.782. The molecular weight excluding hydrogens is 194 g/mol. The Morgan fingerprint density at radius 2 is 2.33 bits per heavy atom. The van der Waals surface area contributed by atoms with E-state index in [4.69, 9.17) is 15.0 Å². The molecule has 0 radical (unpaired) electrons. The molecule has 15 heavy (non-hydrogen) atoms. The molecule has 1 aromatic rings. The molecule has 2 N–H and O–H groups in total. The van der Waals surface area contributed by atoms with Gasteiger partial charge in [-0.1, -0.05) is 5.16 Å². The summed E-state index contributed by atoms with van der Waals surface area (Å²) in [6, 6.07) is 0. The number of hydrogen-bond donors (Lipinski definition) is 1. The van der Waals surface area contributed by atoms with Gasteiger partial charge in [-0.3, -0.25) is 0 Å². The Bertz CT molecular complexity index is 307. The van der Waals surface area contributed by atoms with Gasteiger partial charge in [0.25, 0.3) is 0 Å². The normalized spacial score (nSPS) is 25.2. The van der Waals surface area contributed by atoms with E-state index in [1.54, 1.807) is 0 Å². The maximum atomic E-state index is 5.49. The Kier molecular flexibility index (Phi) is 3.33. The highest BCUT2D eigenvalue weighted by Crippen LogP contribution is 2.32. The van der Waals surface area contributed by atoms with Crippen molar-refractivity contribution in [2.75, 3.05) is 6.61 Å². The minimum absolute atomic E-state index is 0.343. The predicted molar refractivity (Wildman–Crippen MR) is 54.0 cm³/mol. The van der Waals surface area contributed by atoms with Gasteiger partial charge in [0, 0.05) is 13.0 Å². The molecule has 0 unspecified atom stereocenters. The lowest BCUT2D eigenvalue weighted by atomic mass is 9.80. The zero-order chi connectivity index (χ0) is 10.7. The molecule has 1 aliphatic carbocycles. The van der Waals surface area contributed by atoms with Crippen molar-refractivity contribution >= 4 is 0 Å². The molecule has 0 amide bonds. The van der Waals surface area contributed by atoms with E-state index in [0.29, 0.717) is 30.3 Å². The minimum atomic E-state index is 0.343. The van der Waals surface area contributed by atoms with Gasteiger partial charge in [0.2, 0.25) is 5.89 Å². The number of rotatable bonds is 5. The Hall–Kier alpha value is -0.940. The van der Waals surface area contributed by atoms with Gasteiger partial charge < -0.3 is 15.0 Å². The largest absolute Gasteiger partial charge is 0.378 e. The molecule has 0 bridgehead atoms. The fourth-order valence-corrected chi connectivity index (χ4v) is 1.92. The molecule has 1 fully saturated rings. The molecule has 0 aromatic carbocycles. The monoisotopic (exact) mass is 211 g/mol. The first-order valence-corrected chi connectivity index (χ1v) is 5.45. The zero-order valence-corrected chi connectivity index (χ0v) is 8.98. The predicted octanol–water partition coefficient (Wildman–Crippen LogP) is 0.886. The summed E-state index contributed by atoms with van der Waals surface area (Å²) >= 11 is 0. The van der Waals surface area contributed by atoms with E-state index in [2.05, 4.69) is 10.1 Å². The first kappa shape index (κ1) is 10.6. The van der Waals surface area contributed by atoms with Crippen LogP contribution in [0.2, 0.25) is 0 Å². The molecule has 2 rings (SSSR count). The van der Waals surface area contributed by atoms with Crippen LogP contribution in [0.1, 0.15) is 31.5 Å². The first-order chi connectivity index (χ1) is 7.31. The van der Waals surface area contributed by atoms with Crippen molar-refractivity contribution < 1.29 is 9.26 Å². The highest BCUT2D eigenvalue weighted by atomic mass is 16.5. The smallest absolute Gasteiger partial charge is 0.226 e. The Morgan fingerprint density at radius 1 is 1.53 bits per heavy atom. The molecule has 5 heteroatoms. The van der Waals surface area contributed by atoms with Gasteiger partial charge in [-0.25, -0.2) is 0 Å². The third-order valence-corrected chi connectivity index (χ3v) is 2.75. The molecule has 5 nitrogen and oxygen atoms in total. The molecule has 0 spiro atoms. The van der Waals surface area contributed by atoms with Crippen molar-refractivity contribution in [3.8, 4) is 0 Å². The van der Waals surface area contributed by atoms with Crippen LogP contribution in [0.5, 0.6) is 0 Å². The Labute approximate surface area is 89.0 Å². The van der Waals surface area contributed by atoms with Gasteiger partial charge >= 0.3 is 0 Å². The molecule has 0 saturated heterocycles. The average Bonchev–Trinajstić information content (AvgIpc) is 2.62. The fraction of sp³-hybridized carbons (Fsp3) is 0.800. The minimum Gasteiger partial charge on any atom is -0.378 e. The van der Waals surface area contributed by atoms with E-state index in [1.165, 1.54) is 0 Å². The second-order valence-electron chi connectivity index (χ2n) is 3.93. The van der Waals surface area contributed by atoms with Gasteiger partial charge in [0.1, 0.15) is 0 Å². The summed E-state index contributed by atoms with van der Waals surface area (Å²) in [5.41, 5.74) is 5.40. The summed E-state index contributed by atoms with van der Waals surface area (Å²) in [7, 11) is 0. The van der Waals surface area contributed by atoms with Crippen LogP contribution in [0, 0.1) is 5.92 Å². The van der Waals surface area contributed by atoms with Gasteiger partial charge in [-0.05, 0) is 25.7 Å². The number of nitrogens with zero attached hydrogens (tertiary/aromatic N) is 2. The van der Waals surface area contributed by atoms with Gasteiger partial charge in [-0.2, -0.15) is 4.98 Å². The summed E-state index contributed by atoms with van der Waals surface area (Å²) in [4.78, 5) is 4.18. The van der Waals surface area contributed by atoms with Crippen molar-refractivity contribution in [2.45, 2.75) is 38.8 Å². The number of ether oxygens (including phenoxy) is 1. The summed E-state index contributed by atoms with van der Waals surface area (Å²) < 4.78 is 10.6. The fourth-order valence-electron chi connectivity index (χ4n) is 1.92. The van der Waals surface area contributed by atoms with E-state index in [0.717, 1.165) is 25.9 Å². The van der Waals surface area contributed by atoms with Crippen LogP contribution in [-0.2, 0) is 17.7 Å². The molecule has 0 aliphatic heterocycles. The maximum absolute atomic E-state index is 5.49. The molecule has 84 valence electrons. The van der Waals surface area contributed by atoms with Gasteiger partial charge in [-0.15, -0.1) is 0 Å². The molecule has 1 aliphatic rings. The lowest BCUT2D eigenvalue weighted by molar-refractivity contribution is -0.0258. The topological polar surface area (TPSA) is 74.2 Å². The van der Waals surface area contributed by atoms with Crippen LogP contribution in [0.25, 0.3) is 0 Å². The number of hydrogen-bond acceptors (Lipinski definition) is 5. The van der Waals surface area contributed by atoms with E-state index in [-0.39, 0.29) is 0 Å². The van der Waals surface area contributed by atoms with Crippen LogP contribution in [0.3, 0.4) is 0 Å². The zero-order valence-electron chi connectivity index (χ0n) is 8.98. The standard InChI is InChI=1S/C10H17N3O2/c1-2-14-8-3-7(4-8)5-10-12-9(6-11)13-15-10/h7-8H,2-6,11H2,1H3. The van der Waals surface area contributed by atoms with Gasteiger partial charge in [0.15, 0.2) is 5.82 Å². The van der Waals surface area contributed by atoms with E-state index >= 15 is 0 Å². The third kappa shape index (κ3) is 2.54. The second kappa shape index (κ2) is 4.72. The van der Waals surface area contributed by atoms with Crippen LogP contribution in [-0.4, -0.2) is 22.9 Å². The molecule has 1 aromatic heterocycles. The summed E-state index contributed by atoms with van der Waals surface area (Å²) in [6.07, 6.45) is 3.51. The van der Waals surface area contributed by atoms with Crippen LogP contribution in [0.15, 0.2) is 4.52 Å². The molecule has 0 atom stereocenters. The van der Waals surface area contributed by atoms with Gasteiger partial charge in [0.05, 0.1) is 12.6 Å².